The fourth-order valence-corrected chi connectivity index (χ4v) is 2.46. The Morgan fingerprint density at radius 3 is 2.40 bits per heavy atom. The second-order valence-electron chi connectivity index (χ2n) is 5.54. The molecule has 1 N–H and O–H groups in total. The summed E-state index contributed by atoms with van der Waals surface area (Å²) in [6, 6.07) is 16.9. The van der Waals surface area contributed by atoms with Gasteiger partial charge in [-0.25, -0.2) is 0 Å². The molecule has 2 rings (SSSR count). The molecular formula is C18H24N2. The van der Waals surface area contributed by atoms with Crippen molar-refractivity contribution in [3.05, 3.63) is 66.0 Å². The van der Waals surface area contributed by atoms with Gasteiger partial charge < -0.3 is 5.32 Å². The van der Waals surface area contributed by atoms with E-state index in [1.54, 1.807) is 0 Å². The highest BCUT2D eigenvalue weighted by Crippen LogP contribution is 2.23. The van der Waals surface area contributed by atoms with Crippen molar-refractivity contribution in [2.45, 2.75) is 26.2 Å². The molecule has 2 nitrogen and oxygen atoms in total. The van der Waals surface area contributed by atoms with E-state index in [4.69, 9.17) is 0 Å². The summed E-state index contributed by atoms with van der Waals surface area (Å²) in [5.74, 6) is 1.21. The topological polar surface area (TPSA) is 24.9 Å². The van der Waals surface area contributed by atoms with Gasteiger partial charge in [0.05, 0.1) is 0 Å². The van der Waals surface area contributed by atoms with E-state index in [-0.39, 0.29) is 0 Å². The Hall–Kier alpha value is -1.67. The average Bonchev–Trinajstić information content (AvgIpc) is 2.49. The molecule has 0 aliphatic carbocycles. The molecule has 1 unspecified atom stereocenters. The molecule has 20 heavy (non-hydrogen) atoms. The van der Waals surface area contributed by atoms with Gasteiger partial charge >= 0.3 is 0 Å². The molecule has 0 aliphatic heterocycles. The SMILES string of the molecule is CC(C)C(CNCCc1ccccn1)c1ccccc1. The summed E-state index contributed by atoms with van der Waals surface area (Å²) >= 11 is 0. The summed E-state index contributed by atoms with van der Waals surface area (Å²) < 4.78 is 0. The van der Waals surface area contributed by atoms with Crippen LogP contribution in [0.3, 0.4) is 0 Å². The maximum absolute atomic E-state index is 4.35. The Balaban J connectivity index is 1.82. The van der Waals surface area contributed by atoms with E-state index in [2.05, 4.69) is 60.5 Å². The molecule has 0 saturated heterocycles. The Bertz CT molecular complexity index is 479. The van der Waals surface area contributed by atoms with E-state index < -0.39 is 0 Å². The first-order valence-corrected chi connectivity index (χ1v) is 7.43. The fraction of sp³-hybridized carbons (Fsp3) is 0.389. The highest BCUT2D eigenvalue weighted by molar-refractivity contribution is 5.20. The molecule has 2 heteroatoms. The number of hydrogen-bond acceptors (Lipinski definition) is 2. The summed E-state index contributed by atoms with van der Waals surface area (Å²) in [5.41, 5.74) is 2.58. The zero-order chi connectivity index (χ0) is 14.2. The predicted molar refractivity (Wildman–Crippen MR) is 84.8 cm³/mol. The highest BCUT2D eigenvalue weighted by atomic mass is 14.9. The molecule has 0 bridgehead atoms. The van der Waals surface area contributed by atoms with E-state index in [0.717, 1.165) is 25.2 Å². The first-order valence-electron chi connectivity index (χ1n) is 7.43. The van der Waals surface area contributed by atoms with Crippen molar-refractivity contribution in [3.63, 3.8) is 0 Å². The minimum Gasteiger partial charge on any atom is -0.316 e. The van der Waals surface area contributed by atoms with Gasteiger partial charge in [-0.05, 0) is 29.5 Å². The molecule has 0 spiro atoms. The van der Waals surface area contributed by atoms with Gasteiger partial charge in [0.25, 0.3) is 0 Å². The van der Waals surface area contributed by atoms with Crippen LogP contribution in [-0.4, -0.2) is 18.1 Å². The maximum Gasteiger partial charge on any atom is 0.0416 e. The fourth-order valence-electron chi connectivity index (χ4n) is 2.46. The van der Waals surface area contributed by atoms with Crippen LogP contribution in [0.2, 0.25) is 0 Å². The second-order valence-corrected chi connectivity index (χ2v) is 5.54. The van der Waals surface area contributed by atoms with Crippen LogP contribution < -0.4 is 5.32 Å². The van der Waals surface area contributed by atoms with Crippen LogP contribution in [0.1, 0.15) is 31.0 Å². The van der Waals surface area contributed by atoms with Crippen molar-refractivity contribution in [1.29, 1.82) is 0 Å². The largest absolute Gasteiger partial charge is 0.316 e. The minimum absolute atomic E-state index is 0.569. The van der Waals surface area contributed by atoms with E-state index in [9.17, 15) is 0 Å². The van der Waals surface area contributed by atoms with E-state index >= 15 is 0 Å². The van der Waals surface area contributed by atoms with Crippen LogP contribution in [0.5, 0.6) is 0 Å². The summed E-state index contributed by atoms with van der Waals surface area (Å²) in [6.07, 6.45) is 2.84. The summed E-state index contributed by atoms with van der Waals surface area (Å²) in [4.78, 5) is 4.35. The molecule has 106 valence electrons. The molecule has 1 atom stereocenters. The van der Waals surface area contributed by atoms with Gasteiger partial charge in [-0.15, -0.1) is 0 Å². The van der Waals surface area contributed by atoms with E-state index in [1.807, 2.05) is 18.3 Å². The molecule has 1 aromatic carbocycles. The van der Waals surface area contributed by atoms with E-state index in [0.29, 0.717) is 11.8 Å². The Labute approximate surface area is 122 Å². The third kappa shape index (κ3) is 4.46. The summed E-state index contributed by atoms with van der Waals surface area (Å²) in [5, 5.41) is 3.57. The van der Waals surface area contributed by atoms with Gasteiger partial charge in [0.2, 0.25) is 0 Å². The molecule has 2 aromatic rings. The first-order chi connectivity index (χ1) is 9.77. The smallest absolute Gasteiger partial charge is 0.0416 e. The van der Waals surface area contributed by atoms with Crippen LogP contribution in [0.4, 0.5) is 0 Å². The van der Waals surface area contributed by atoms with Crippen molar-refractivity contribution < 1.29 is 0 Å². The molecule has 0 fully saturated rings. The summed E-state index contributed by atoms with van der Waals surface area (Å²) in [6.45, 7) is 6.58. The standard InChI is InChI=1S/C18H24N2/c1-15(2)18(16-8-4-3-5-9-16)14-19-13-11-17-10-6-7-12-20-17/h3-10,12,15,18-19H,11,13-14H2,1-2H3. The normalized spacial score (nSPS) is 12.6. The van der Waals surface area contributed by atoms with Gasteiger partial charge in [0, 0.05) is 31.4 Å². The summed E-state index contributed by atoms with van der Waals surface area (Å²) in [7, 11) is 0. The van der Waals surface area contributed by atoms with Crippen LogP contribution >= 0.6 is 0 Å². The number of pyridine rings is 1. The van der Waals surface area contributed by atoms with Crippen molar-refractivity contribution in [3.8, 4) is 0 Å². The number of hydrogen-bond donors (Lipinski definition) is 1. The first kappa shape index (κ1) is 14.7. The van der Waals surface area contributed by atoms with Crippen molar-refractivity contribution >= 4 is 0 Å². The molecule has 0 saturated carbocycles. The van der Waals surface area contributed by atoms with Crippen molar-refractivity contribution in [2.75, 3.05) is 13.1 Å². The monoisotopic (exact) mass is 268 g/mol. The lowest BCUT2D eigenvalue weighted by Gasteiger charge is -2.22. The van der Waals surface area contributed by atoms with E-state index in [1.165, 1.54) is 5.56 Å². The zero-order valence-electron chi connectivity index (χ0n) is 12.4. The predicted octanol–water partition coefficient (Wildman–Crippen LogP) is 3.65. The number of rotatable bonds is 7. The Kier molecular flexibility index (Phi) is 5.75. The number of nitrogens with zero attached hydrogens (tertiary/aromatic N) is 1. The second kappa shape index (κ2) is 7.81. The molecule has 1 aromatic heterocycles. The minimum atomic E-state index is 0.569. The van der Waals surface area contributed by atoms with Gasteiger partial charge in [-0.2, -0.15) is 0 Å². The lowest BCUT2D eigenvalue weighted by atomic mass is 9.88. The molecule has 0 aliphatic rings. The van der Waals surface area contributed by atoms with Crippen LogP contribution in [0.25, 0.3) is 0 Å². The number of benzene rings is 1. The molecule has 0 radical (unpaired) electrons. The molecular weight excluding hydrogens is 244 g/mol. The van der Waals surface area contributed by atoms with Crippen molar-refractivity contribution in [2.24, 2.45) is 5.92 Å². The molecule has 0 amide bonds. The average molecular weight is 268 g/mol. The van der Waals surface area contributed by atoms with Crippen LogP contribution in [0, 0.1) is 5.92 Å². The molecule has 1 heterocycles. The third-order valence-electron chi connectivity index (χ3n) is 3.68. The quantitative estimate of drug-likeness (QED) is 0.775. The Morgan fingerprint density at radius 2 is 1.75 bits per heavy atom. The maximum atomic E-state index is 4.35. The van der Waals surface area contributed by atoms with Gasteiger partial charge in [-0.3, -0.25) is 4.98 Å². The third-order valence-corrected chi connectivity index (χ3v) is 3.68. The zero-order valence-corrected chi connectivity index (χ0v) is 12.4. The van der Waals surface area contributed by atoms with Gasteiger partial charge in [0.15, 0.2) is 0 Å². The Morgan fingerprint density at radius 1 is 1.00 bits per heavy atom. The van der Waals surface area contributed by atoms with Crippen molar-refractivity contribution in [1.82, 2.24) is 10.3 Å². The van der Waals surface area contributed by atoms with Crippen LogP contribution in [0.15, 0.2) is 54.7 Å². The number of aromatic nitrogens is 1. The highest BCUT2D eigenvalue weighted by Gasteiger charge is 2.14. The lowest BCUT2D eigenvalue weighted by Crippen LogP contribution is -2.26. The van der Waals surface area contributed by atoms with Gasteiger partial charge in [0.1, 0.15) is 0 Å². The van der Waals surface area contributed by atoms with Crippen LogP contribution in [-0.2, 0) is 6.42 Å². The van der Waals surface area contributed by atoms with Gasteiger partial charge in [-0.1, -0.05) is 50.2 Å². The lowest BCUT2D eigenvalue weighted by molar-refractivity contribution is 0.463. The number of nitrogens with one attached hydrogen (secondary N) is 1.